The number of imide groups is 2. The SMILES string of the molecule is CS/C(Nc1ccc(-c2c[nH]nn2)cc1)=C1\C(=O)NC(=O)N(C)C1=O. The first-order chi connectivity index (χ1) is 12.0. The third-order valence-corrected chi connectivity index (χ3v) is 4.27. The number of barbiturate groups is 1. The highest BCUT2D eigenvalue weighted by Gasteiger charge is 2.35. The van der Waals surface area contributed by atoms with Crippen LogP contribution in [0.4, 0.5) is 10.5 Å². The molecular formula is C15H14N6O3S. The molecule has 0 unspecified atom stereocenters. The van der Waals surface area contributed by atoms with E-state index in [2.05, 4.69) is 26.0 Å². The second kappa shape index (κ2) is 6.77. The zero-order valence-electron chi connectivity index (χ0n) is 13.4. The summed E-state index contributed by atoms with van der Waals surface area (Å²) in [6, 6.07) is 6.51. The summed E-state index contributed by atoms with van der Waals surface area (Å²) in [5, 5.41) is 15.8. The Kier molecular flexibility index (Phi) is 4.52. The van der Waals surface area contributed by atoms with Crippen molar-refractivity contribution >= 4 is 35.3 Å². The van der Waals surface area contributed by atoms with Crippen LogP contribution in [0.2, 0.25) is 0 Å². The fourth-order valence-electron chi connectivity index (χ4n) is 2.21. The Morgan fingerprint density at radius 3 is 2.52 bits per heavy atom. The van der Waals surface area contributed by atoms with Gasteiger partial charge in [-0.1, -0.05) is 17.3 Å². The van der Waals surface area contributed by atoms with Gasteiger partial charge in [0.1, 0.15) is 11.3 Å². The molecule has 10 heteroatoms. The minimum Gasteiger partial charge on any atom is -0.349 e. The normalized spacial score (nSPS) is 16.7. The first-order valence-corrected chi connectivity index (χ1v) is 8.39. The number of urea groups is 1. The molecule has 4 amide bonds. The molecule has 0 bridgehead atoms. The van der Waals surface area contributed by atoms with Gasteiger partial charge in [-0.25, -0.2) is 4.79 Å². The molecule has 1 fully saturated rings. The fraction of sp³-hybridized carbons (Fsp3) is 0.133. The largest absolute Gasteiger partial charge is 0.349 e. The van der Waals surface area contributed by atoms with E-state index < -0.39 is 17.8 Å². The Labute approximate surface area is 146 Å². The van der Waals surface area contributed by atoms with Gasteiger partial charge in [0.05, 0.1) is 5.03 Å². The van der Waals surface area contributed by atoms with Gasteiger partial charge < -0.3 is 5.32 Å². The molecule has 3 rings (SSSR count). The Balaban J connectivity index is 1.88. The molecule has 1 aliphatic heterocycles. The summed E-state index contributed by atoms with van der Waals surface area (Å²) in [4.78, 5) is 36.7. The molecule has 1 saturated heterocycles. The molecule has 0 spiro atoms. The topological polar surface area (TPSA) is 120 Å². The second-order valence-electron chi connectivity index (χ2n) is 5.09. The molecule has 0 radical (unpaired) electrons. The molecule has 2 heterocycles. The maximum atomic E-state index is 12.3. The first-order valence-electron chi connectivity index (χ1n) is 7.17. The van der Waals surface area contributed by atoms with E-state index in [1.807, 2.05) is 12.1 Å². The molecule has 9 nitrogen and oxygen atoms in total. The summed E-state index contributed by atoms with van der Waals surface area (Å²) >= 11 is 1.21. The summed E-state index contributed by atoms with van der Waals surface area (Å²) in [6.45, 7) is 0. The molecule has 128 valence electrons. The van der Waals surface area contributed by atoms with Gasteiger partial charge in [0.2, 0.25) is 0 Å². The summed E-state index contributed by atoms with van der Waals surface area (Å²) in [7, 11) is 1.31. The number of anilines is 1. The van der Waals surface area contributed by atoms with Gasteiger partial charge in [0.25, 0.3) is 11.8 Å². The summed E-state index contributed by atoms with van der Waals surface area (Å²) in [5.74, 6) is -1.37. The lowest BCUT2D eigenvalue weighted by Crippen LogP contribution is -2.52. The van der Waals surface area contributed by atoms with E-state index >= 15 is 0 Å². The maximum Gasteiger partial charge on any atom is 0.331 e. The van der Waals surface area contributed by atoms with Crippen LogP contribution in [0, 0.1) is 0 Å². The number of nitrogens with zero attached hydrogens (tertiary/aromatic N) is 3. The number of benzene rings is 1. The third kappa shape index (κ3) is 3.24. The number of carbonyl (C=O) groups excluding carboxylic acids is 3. The number of aromatic amines is 1. The molecule has 1 aliphatic rings. The van der Waals surface area contributed by atoms with Gasteiger partial charge in [-0.3, -0.25) is 24.9 Å². The second-order valence-corrected chi connectivity index (χ2v) is 5.91. The van der Waals surface area contributed by atoms with Crippen LogP contribution in [0.25, 0.3) is 11.3 Å². The molecule has 1 aromatic carbocycles. The van der Waals surface area contributed by atoms with Crippen LogP contribution < -0.4 is 10.6 Å². The average Bonchev–Trinajstić information content (AvgIpc) is 3.14. The monoisotopic (exact) mass is 358 g/mol. The molecule has 3 N–H and O–H groups in total. The standard InChI is InChI=1S/C15H14N6O3S/c1-21-14(23)11(12(22)18-15(21)24)13(25-2)17-9-5-3-8(4-6-9)10-7-16-20-19-10/h3-7,17H,1-2H3,(H,16,19,20)(H,18,22,24)/b13-11+. The van der Waals surface area contributed by atoms with E-state index in [-0.39, 0.29) is 5.57 Å². The van der Waals surface area contributed by atoms with Crippen molar-refractivity contribution in [2.24, 2.45) is 0 Å². The van der Waals surface area contributed by atoms with Gasteiger partial charge in [0, 0.05) is 24.5 Å². The Morgan fingerprint density at radius 2 is 1.92 bits per heavy atom. The minimum absolute atomic E-state index is 0.102. The van der Waals surface area contributed by atoms with E-state index in [1.54, 1.807) is 24.6 Å². The van der Waals surface area contributed by atoms with Crippen LogP contribution in [-0.2, 0) is 9.59 Å². The lowest BCUT2D eigenvalue weighted by Gasteiger charge is -2.24. The predicted molar refractivity (Wildman–Crippen MR) is 92.3 cm³/mol. The molecular weight excluding hydrogens is 344 g/mol. The number of nitrogens with one attached hydrogen (secondary N) is 3. The number of H-pyrrole nitrogens is 1. The van der Waals surface area contributed by atoms with E-state index in [1.165, 1.54) is 18.8 Å². The summed E-state index contributed by atoms with van der Waals surface area (Å²) in [5.41, 5.74) is 2.16. The smallest absolute Gasteiger partial charge is 0.331 e. The van der Waals surface area contributed by atoms with Crippen molar-refractivity contribution in [2.75, 3.05) is 18.6 Å². The first kappa shape index (κ1) is 16.7. The third-order valence-electron chi connectivity index (χ3n) is 3.56. The van der Waals surface area contributed by atoms with Crippen molar-refractivity contribution in [3.63, 3.8) is 0 Å². The maximum absolute atomic E-state index is 12.3. The van der Waals surface area contributed by atoms with Gasteiger partial charge in [-0.05, 0) is 18.4 Å². The summed E-state index contributed by atoms with van der Waals surface area (Å²) in [6.07, 6.45) is 3.41. The number of hydrogen-bond donors (Lipinski definition) is 3. The van der Waals surface area contributed by atoms with Crippen LogP contribution in [-0.4, -0.2) is 51.5 Å². The van der Waals surface area contributed by atoms with E-state index in [0.29, 0.717) is 16.4 Å². The highest BCUT2D eigenvalue weighted by atomic mass is 32.2. The average molecular weight is 358 g/mol. The van der Waals surface area contributed by atoms with Crippen molar-refractivity contribution in [2.45, 2.75) is 0 Å². The quantitative estimate of drug-likeness (QED) is 0.554. The zero-order valence-corrected chi connectivity index (χ0v) is 14.2. The van der Waals surface area contributed by atoms with E-state index in [9.17, 15) is 14.4 Å². The van der Waals surface area contributed by atoms with Crippen LogP contribution in [0.1, 0.15) is 0 Å². The Hall–Kier alpha value is -3.14. The van der Waals surface area contributed by atoms with Crippen molar-refractivity contribution in [1.82, 2.24) is 25.6 Å². The van der Waals surface area contributed by atoms with Crippen LogP contribution >= 0.6 is 11.8 Å². The fourth-order valence-corrected chi connectivity index (χ4v) is 2.82. The Morgan fingerprint density at radius 1 is 1.20 bits per heavy atom. The van der Waals surface area contributed by atoms with Gasteiger partial charge in [-0.2, -0.15) is 0 Å². The van der Waals surface area contributed by atoms with Gasteiger partial charge in [0.15, 0.2) is 0 Å². The molecule has 0 atom stereocenters. The number of amides is 4. The van der Waals surface area contributed by atoms with Gasteiger partial charge >= 0.3 is 6.03 Å². The number of likely N-dealkylation sites (N-methyl/N-ethyl adjacent to an activating group) is 1. The zero-order chi connectivity index (χ0) is 18.0. The number of hydrogen-bond acceptors (Lipinski definition) is 7. The van der Waals surface area contributed by atoms with Crippen molar-refractivity contribution < 1.29 is 14.4 Å². The number of aromatic nitrogens is 3. The van der Waals surface area contributed by atoms with Crippen molar-refractivity contribution in [3.05, 3.63) is 41.1 Å². The molecule has 1 aromatic heterocycles. The molecule has 25 heavy (non-hydrogen) atoms. The lowest BCUT2D eigenvalue weighted by atomic mass is 10.1. The van der Waals surface area contributed by atoms with E-state index in [0.717, 1.165) is 10.5 Å². The Bertz CT molecular complexity index is 860. The number of thioether (sulfide) groups is 1. The molecule has 2 aromatic rings. The highest BCUT2D eigenvalue weighted by molar-refractivity contribution is 8.02. The van der Waals surface area contributed by atoms with Crippen molar-refractivity contribution in [3.8, 4) is 11.3 Å². The van der Waals surface area contributed by atoms with Crippen LogP contribution in [0.5, 0.6) is 0 Å². The van der Waals surface area contributed by atoms with Crippen molar-refractivity contribution in [1.29, 1.82) is 0 Å². The van der Waals surface area contributed by atoms with Gasteiger partial charge in [-0.15, -0.1) is 16.9 Å². The number of rotatable bonds is 4. The lowest BCUT2D eigenvalue weighted by molar-refractivity contribution is -0.129. The minimum atomic E-state index is -0.740. The highest BCUT2D eigenvalue weighted by Crippen LogP contribution is 2.25. The van der Waals surface area contributed by atoms with Crippen LogP contribution in [0.15, 0.2) is 41.1 Å². The predicted octanol–water partition coefficient (Wildman–Crippen LogP) is 1.17. The molecule has 0 saturated carbocycles. The summed E-state index contributed by atoms with van der Waals surface area (Å²) < 4.78 is 0. The number of carbonyl (C=O) groups is 3. The van der Waals surface area contributed by atoms with Crippen LogP contribution in [0.3, 0.4) is 0 Å². The van der Waals surface area contributed by atoms with E-state index in [4.69, 9.17) is 0 Å². The molecule has 0 aliphatic carbocycles.